The molecule has 5 nitrogen and oxygen atoms in total. The van der Waals surface area contributed by atoms with Crippen LogP contribution in [0.2, 0.25) is 0 Å². The van der Waals surface area contributed by atoms with Gasteiger partial charge in [0.1, 0.15) is 0 Å². The largest absolute Gasteiger partial charge is 0.452 e. The van der Waals surface area contributed by atoms with Crippen molar-refractivity contribution in [3.05, 3.63) is 35.9 Å². The number of rotatable bonds is 4. The summed E-state index contributed by atoms with van der Waals surface area (Å²) in [6.45, 7) is 5.97. The minimum absolute atomic E-state index is 0.0745. The second-order valence-corrected chi connectivity index (χ2v) is 8.63. The summed E-state index contributed by atoms with van der Waals surface area (Å²) < 4.78 is 15.0. The maximum absolute atomic E-state index is 12.5. The van der Waals surface area contributed by atoms with Crippen LogP contribution >= 0.6 is 34.8 Å². The molecule has 0 saturated carbocycles. The molecule has 1 aliphatic heterocycles. The molecule has 1 fully saturated rings. The minimum atomic E-state index is -2.02. The highest BCUT2D eigenvalue weighted by molar-refractivity contribution is 6.76. The van der Waals surface area contributed by atoms with Gasteiger partial charge in [-0.3, -0.25) is 5.41 Å². The fourth-order valence-electron chi connectivity index (χ4n) is 2.93. The molecule has 1 aliphatic rings. The second kappa shape index (κ2) is 8.79. The Kier molecular flexibility index (Phi) is 7.19. The first-order valence-electron chi connectivity index (χ1n) is 8.39. The van der Waals surface area contributed by atoms with Crippen LogP contribution in [-0.4, -0.2) is 34.2 Å². The molecule has 1 saturated heterocycles. The van der Waals surface area contributed by atoms with E-state index in [1.165, 1.54) is 0 Å². The van der Waals surface area contributed by atoms with E-state index < -0.39 is 28.1 Å². The molecule has 1 aromatic rings. The lowest BCUT2D eigenvalue weighted by atomic mass is 9.82. The molecule has 0 aliphatic carbocycles. The van der Waals surface area contributed by atoms with Gasteiger partial charge in [-0.2, -0.15) is 0 Å². The van der Waals surface area contributed by atoms with E-state index in [0.29, 0.717) is 5.56 Å². The Morgan fingerprint density at radius 3 is 2.31 bits per heavy atom. The van der Waals surface area contributed by atoms with Crippen LogP contribution in [0.3, 0.4) is 0 Å². The Balaban J connectivity index is 2.22. The zero-order valence-electron chi connectivity index (χ0n) is 14.7. The number of benzene rings is 1. The summed E-state index contributed by atoms with van der Waals surface area (Å²) in [5.74, 6) is -1.03. The molecule has 0 aromatic heterocycles. The van der Waals surface area contributed by atoms with E-state index in [1.807, 2.05) is 26.8 Å². The first-order chi connectivity index (χ1) is 12.1. The smallest absolute Gasteiger partial charge is 0.338 e. The zero-order chi connectivity index (χ0) is 19.5. The van der Waals surface area contributed by atoms with Crippen LogP contribution < -0.4 is 0 Å². The minimum Gasteiger partial charge on any atom is -0.452 e. The highest BCUT2D eigenvalue weighted by Crippen LogP contribution is 2.37. The van der Waals surface area contributed by atoms with Gasteiger partial charge in [0, 0.05) is 5.92 Å². The van der Waals surface area contributed by atoms with E-state index in [4.69, 9.17) is 54.4 Å². The van der Waals surface area contributed by atoms with Gasteiger partial charge in [0.05, 0.1) is 11.7 Å². The van der Waals surface area contributed by atoms with Crippen LogP contribution in [0.1, 0.15) is 37.6 Å². The SMILES string of the molecule is CC[C@H]1OC(OC(=N)C(Cl)(Cl)Cl)[C@H](OC(=O)c2ccccc2)[C@@H](C)[C@@H]1C. The predicted octanol–water partition coefficient (Wildman–Crippen LogP) is 4.98. The van der Waals surface area contributed by atoms with Gasteiger partial charge in [-0.1, -0.05) is 73.8 Å². The fraction of sp³-hybridized carbons (Fsp3) is 0.556. The van der Waals surface area contributed by atoms with Gasteiger partial charge in [-0.05, 0) is 24.5 Å². The van der Waals surface area contributed by atoms with Gasteiger partial charge in [-0.15, -0.1) is 0 Å². The van der Waals surface area contributed by atoms with Gasteiger partial charge < -0.3 is 14.2 Å². The average molecular weight is 423 g/mol. The van der Waals surface area contributed by atoms with Crippen LogP contribution in [0.15, 0.2) is 30.3 Å². The highest BCUT2D eigenvalue weighted by atomic mass is 35.6. The molecule has 2 rings (SSSR count). The molecule has 1 aromatic carbocycles. The van der Waals surface area contributed by atoms with Crippen LogP contribution in [0.4, 0.5) is 0 Å². The molecule has 0 bridgehead atoms. The fourth-order valence-corrected chi connectivity index (χ4v) is 3.07. The van der Waals surface area contributed by atoms with E-state index in [2.05, 4.69) is 0 Å². The molecule has 1 N–H and O–H groups in total. The number of ether oxygens (including phenoxy) is 3. The first kappa shape index (κ1) is 21.3. The molecule has 1 unspecified atom stereocenters. The van der Waals surface area contributed by atoms with Crippen LogP contribution in [-0.2, 0) is 14.2 Å². The number of carbonyl (C=O) groups is 1. The molecule has 0 radical (unpaired) electrons. The third-order valence-corrected chi connectivity index (χ3v) is 5.17. The van der Waals surface area contributed by atoms with E-state index in [-0.39, 0.29) is 17.9 Å². The molecule has 5 atom stereocenters. The number of hydrogen-bond donors (Lipinski definition) is 1. The third-order valence-electron chi connectivity index (χ3n) is 4.66. The Hall–Kier alpha value is -1.01. The van der Waals surface area contributed by atoms with Crippen molar-refractivity contribution in [3.8, 4) is 0 Å². The van der Waals surface area contributed by atoms with Crippen molar-refractivity contribution >= 4 is 46.7 Å². The van der Waals surface area contributed by atoms with Crippen molar-refractivity contribution in [1.82, 2.24) is 0 Å². The van der Waals surface area contributed by atoms with E-state index in [9.17, 15) is 4.79 Å². The quantitative estimate of drug-likeness (QED) is 0.321. The number of nitrogens with one attached hydrogen (secondary N) is 1. The summed E-state index contributed by atoms with van der Waals surface area (Å²) in [4.78, 5) is 12.5. The van der Waals surface area contributed by atoms with Crippen molar-refractivity contribution < 1.29 is 19.0 Å². The summed E-state index contributed by atoms with van der Waals surface area (Å²) in [7, 11) is 0. The van der Waals surface area contributed by atoms with Gasteiger partial charge in [-0.25, -0.2) is 4.79 Å². The van der Waals surface area contributed by atoms with E-state index in [1.54, 1.807) is 24.3 Å². The standard InChI is InChI=1S/C18H22Cl3NO4/c1-4-13-10(2)11(3)14(16(24-13)26-17(22)18(19,20)21)25-15(23)12-8-6-5-7-9-12/h5-11,13-14,16,22H,4H2,1-3H3/t10-,11-,13+,14+,16?/m0/s1. The Labute approximate surface area is 168 Å². The van der Waals surface area contributed by atoms with E-state index in [0.717, 1.165) is 6.42 Å². The van der Waals surface area contributed by atoms with Gasteiger partial charge in [0.2, 0.25) is 12.2 Å². The summed E-state index contributed by atoms with van der Waals surface area (Å²) >= 11 is 17.1. The monoisotopic (exact) mass is 421 g/mol. The average Bonchev–Trinajstić information content (AvgIpc) is 2.60. The van der Waals surface area contributed by atoms with Crippen molar-refractivity contribution in [1.29, 1.82) is 5.41 Å². The lowest BCUT2D eigenvalue weighted by Crippen LogP contribution is -2.53. The number of alkyl halides is 3. The molecule has 8 heteroatoms. The molecular weight excluding hydrogens is 401 g/mol. The molecule has 26 heavy (non-hydrogen) atoms. The molecule has 0 spiro atoms. The Morgan fingerprint density at radius 2 is 1.77 bits per heavy atom. The van der Waals surface area contributed by atoms with Crippen molar-refractivity contribution in [3.63, 3.8) is 0 Å². The lowest BCUT2D eigenvalue weighted by molar-refractivity contribution is -0.243. The van der Waals surface area contributed by atoms with Crippen molar-refractivity contribution in [2.24, 2.45) is 11.8 Å². The third kappa shape index (κ3) is 5.03. The second-order valence-electron chi connectivity index (χ2n) is 6.35. The van der Waals surface area contributed by atoms with Crippen LogP contribution in [0, 0.1) is 17.2 Å². The normalized spacial score (nSPS) is 29.1. The van der Waals surface area contributed by atoms with Gasteiger partial charge in [0.25, 0.3) is 3.79 Å². The molecular formula is C18H22Cl3NO4. The topological polar surface area (TPSA) is 68.6 Å². The van der Waals surface area contributed by atoms with Crippen molar-refractivity contribution in [2.45, 2.75) is 49.5 Å². The number of hydrogen-bond acceptors (Lipinski definition) is 5. The van der Waals surface area contributed by atoms with Crippen LogP contribution in [0.25, 0.3) is 0 Å². The Morgan fingerprint density at radius 1 is 1.15 bits per heavy atom. The van der Waals surface area contributed by atoms with Gasteiger partial charge in [0.15, 0.2) is 6.10 Å². The molecule has 144 valence electrons. The molecule has 0 amide bonds. The lowest BCUT2D eigenvalue weighted by Gasteiger charge is -2.43. The first-order valence-corrected chi connectivity index (χ1v) is 9.52. The van der Waals surface area contributed by atoms with Crippen molar-refractivity contribution in [2.75, 3.05) is 0 Å². The number of carbonyl (C=O) groups excluding carboxylic acids is 1. The maximum atomic E-state index is 12.5. The van der Waals surface area contributed by atoms with Crippen LogP contribution in [0.5, 0.6) is 0 Å². The molecule has 1 heterocycles. The zero-order valence-corrected chi connectivity index (χ0v) is 17.0. The summed E-state index contributed by atoms with van der Waals surface area (Å²) in [6, 6.07) is 8.63. The predicted molar refractivity (Wildman–Crippen MR) is 102 cm³/mol. The summed E-state index contributed by atoms with van der Waals surface area (Å²) in [5.41, 5.74) is 0.417. The number of halogens is 3. The van der Waals surface area contributed by atoms with E-state index >= 15 is 0 Å². The summed E-state index contributed by atoms with van der Waals surface area (Å²) in [5, 5.41) is 7.81. The maximum Gasteiger partial charge on any atom is 0.338 e. The highest BCUT2D eigenvalue weighted by Gasteiger charge is 2.46. The summed E-state index contributed by atoms with van der Waals surface area (Å²) in [6.07, 6.45) is -1.15. The van der Waals surface area contributed by atoms with Gasteiger partial charge >= 0.3 is 5.97 Å². The Bertz CT molecular complexity index is 635. The number of esters is 1.